The van der Waals surface area contributed by atoms with Gasteiger partial charge in [0.1, 0.15) is 6.10 Å². The predicted octanol–water partition coefficient (Wildman–Crippen LogP) is 3.76. The molecule has 27 heavy (non-hydrogen) atoms. The smallest absolute Gasteiger partial charge is 0.268 e. The zero-order valence-corrected chi connectivity index (χ0v) is 16.8. The Kier molecular flexibility index (Phi) is 9.64. The molecule has 2 atom stereocenters. The Hall–Kier alpha value is -1.59. The van der Waals surface area contributed by atoms with E-state index in [4.69, 9.17) is 5.73 Å². The number of rotatable bonds is 11. The van der Waals surface area contributed by atoms with Gasteiger partial charge in [-0.25, -0.2) is 0 Å². The van der Waals surface area contributed by atoms with Crippen LogP contribution in [0.1, 0.15) is 71.1 Å². The highest BCUT2D eigenvalue weighted by atomic mass is 16.3. The molecule has 5 heteroatoms. The van der Waals surface area contributed by atoms with Crippen LogP contribution >= 0.6 is 0 Å². The fraction of sp³-hybridized carbons (Fsp3) is 0.682. The van der Waals surface area contributed by atoms with Gasteiger partial charge in [-0.3, -0.25) is 15.2 Å². The SMILES string of the molecule is CCCCCCN(NC(=O)C(O)[C@H](N)CC1CCCCC1)c1ccccc1. The molecule has 1 saturated carbocycles. The molecule has 0 radical (unpaired) electrons. The Morgan fingerprint density at radius 1 is 1.19 bits per heavy atom. The maximum absolute atomic E-state index is 12.6. The topological polar surface area (TPSA) is 78.6 Å². The summed E-state index contributed by atoms with van der Waals surface area (Å²) in [7, 11) is 0. The van der Waals surface area contributed by atoms with Gasteiger partial charge in [-0.2, -0.15) is 0 Å². The van der Waals surface area contributed by atoms with E-state index in [9.17, 15) is 9.90 Å². The summed E-state index contributed by atoms with van der Waals surface area (Å²) in [5.74, 6) is 0.133. The minimum atomic E-state index is -1.17. The van der Waals surface area contributed by atoms with Crippen LogP contribution in [-0.2, 0) is 4.79 Å². The van der Waals surface area contributed by atoms with Crippen LogP contribution in [-0.4, -0.2) is 29.7 Å². The molecule has 4 N–H and O–H groups in total. The Morgan fingerprint density at radius 3 is 2.56 bits per heavy atom. The molecule has 1 aromatic rings. The van der Waals surface area contributed by atoms with Crippen LogP contribution in [0.4, 0.5) is 5.69 Å². The van der Waals surface area contributed by atoms with Gasteiger partial charge in [0.25, 0.3) is 5.91 Å². The summed E-state index contributed by atoms with van der Waals surface area (Å²) in [6.45, 7) is 2.90. The van der Waals surface area contributed by atoms with E-state index in [0.717, 1.165) is 44.3 Å². The Bertz CT molecular complexity index is 532. The molecule has 2 rings (SSSR count). The second-order valence-corrected chi connectivity index (χ2v) is 7.87. The van der Waals surface area contributed by atoms with E-state index in [0.29, 0.717) is 5.92 Å². The molecule has 1 amide bonds. The lowest BCUT2D eigenvalue weighted by Gasteiger charge is -2.30. The number of hydrazine groups is 1. The third-order valence-corrected chi connectivity index (χ3v) is 5.55. The van der Waals surface area contributed by atoms with Crippen LogP contribution in [0.25, 0.3) is 0 Å². The summed E-state index contributed by atoms with van der Waals surface area (Å²) in [5.41, 5.74) is 9.99. The molecule has 0 aliphatic heterocycles. The van der Waals surface area contributed by atoms with Crippen molar-refractivity contribution in [2.24, 2.45) is 11.7 Å². The minimum absolute atomic E-state index is 0.405. The van der Waals surface area contributed by atoms with Crippen molar-refractivity contribution in [3.05, 3.63) is 30.3 Å². The van der Waals surface area contributed by atoms with Crippen LogP contribution in [0.5, 0.6) is 0 Å². The molecule has 0 spiro atoms. The number of carbonyl (C=O) groups excluding carboxylic acids is 1. The molecule has 0 saturated heterocycles. The average molecular weight is 376 g/mol. The highest BCUT2D eigenvalue weighted by molar-refractivity contribution is 5.82. The van der Waals surface area contributed by atoms with Crippen LogP contribution in [0.15, 0.2) is 30.3 Å². The van der Waals surface area contributed by atoms with Gasteiger partial charge in [-0.05, 0) is 30.9 Å². The second kappa shape index (κ2) is 12.0. The van der Waals surface area contributed by atoms with Crippen LogP contribution in [0.2, 0.25) is 0 Å². The standard InChI is InChI=1S/C22H37N3O2/c1-2-3-4-11-16-25(19-14-9-6-10-15-19)24-22(27)21(26)20(23)17-18-12-7-5-8-13-18/h6,9-10,14-15,18,20-21,26H,2-5,7-8,11-13,16-17,23H2,1H3,(H,24,27)/t20-,21?/m1/s1. The molecule has 0 bridgehead atoms. The normalized spacial score (nSPS) is 17.3. The van der Waals surface area contributed by atoms with Gasteiger partial charge in [0.2, 0.25) is 0 Å². The largest absolute Gasteiger partial charge is 0.382 e. The molecule has 0 heterocycles. The summed E-state index contributed by atoms with van der Waals surface area (Å²) in [4.78, 5) is 12.6. The maximum Gasteiger partial charge on any atom is 0.268 e. The van der Waals surface area contributed by atoms with Gasteiger partial charge < -0.3 is 10.8 Å². The molecule has 1 aromatic carbocycles. The van der Waals surface area contributed by atoms with Crippen molar-refractivity contribution in [2.75, 3.05) is 11.6 Å². The first kappa shape index (κ1) is 21.7. The number of para-hydroxylation sites is 1. The number of nitrogens with zero attached hydrogens (tertiary/aromatic N) is 1. The fourth-order valence-electron chi connectivity index (χ4n) is 3.88. The zero-order chi connectivity index (χ0) is 19.5. The van der Waals surface area contributed by atoms with Crippen LogP contribution in [0, 0.1) is 5.92 Å². The fourth-order valence-corrected chi connectivity index (χ4v) is 3.88. The molecule has 1 aliphatic rings. The number of unbranched alkanes of at least 4 members (excludes halogenated alkanes) is 3. The number of aliphatic hydroxyl groups is 1. The number of nitrogens with two attached hydrogens (primary N) is 1. The van der Waals surface area contributed by atoms with E-state index in [-0.39, 0.29) is 0 Å². The van der Waals surface area contributed by atoms with Crippen molar-refractivity contribution >= 4 is 11.6 Å². The zero-order valence-electron chi connectivity index (χ0n) is 16.8. The number of amides is 1. The molecule has 152 valence electrons. The van der Waals surface area contributed by atoms with Crippen molar-refractivity contribution in [2.45, 2.75) is 83.3 Å². The minimum Gasteiger partial charge on any atom is -0.382 e. The number of benzene rings is 1. The van der Waals surface area contributed by atoms with Crippen molar-refractivity contribution in [1.82, 2.24) is 5.43 Å². The number of hydrogen-bond acceptors (Lipinski definition) is 4. The van der Waals surface area contributed by atoms with E-state index >= 15 is 0 Å². The van der Waals surface area contributed by atoms with Crippen LogP contribution in [0.3, 0.4) is 0 Å². The Labute approximate surface area is 164 Å². The van der Waals surface area contributed by atoms with E-state index in [1.165, 1.54) is 32.1 Å². The Morgan fingerprint density at radius 2 is 1.89 bits per heavy atom. The van der Waals surface area contributed by atoms with Gasteiger partial charge in [0, 0.05) is 12.6 Å². The molecular formula is C22H37N3O2. The summed E-state index contributed by atoms with van der Waals surface area (Å²) in [6, 6.07) is 9.28. The molecule has 1 fully saturated rings. The molecule has 1 aliphatic carbocycles. The Balaban J connectivity index is 1.90. The average Bonchev–Trinajstić information content (AvgIpc) is 2.71. The summed E-state index contributed by atoms with van der Waals surface area (Å²) < 4.78 is 0. The van der Waals surface area contributed by atoms with Crippen molar-refractivity contribution in [1.29, 1.82) is 0 Å². The van der Waals surface area contributed by atoms with Gasteiger partial charge in [0.05, 0.1) is 5.69 Å². The van der Waals surface area contributed by atoms with Gasteiger partial charge in [0.15, 0.2) is 0 Å². The summed E-state index contributed by atoms with van der Waals surface area (Å²) >= 11 is 0. The monoisotopic (exact) mass is 375 g/mol. The van der Waals surface area contributed by atoms with Gasteiger partial charge in [-0.15, -0.1) is 0 Å². The molecule has 0 aromatic heterocycles. The van der Waals surface area contributed by atoms with E-state index in [1.807, 2.05) is 35.3 Å². The number of hydrogen-bond donors (Lipinski definition) is 3. The molecular weight excluding hydrogens is 338 g/mol. The first-order valence-corrected chi connectivity index (χ1v) is 10.7. The highest BCUT2D eigenvalue weighted by Crippen LogP contribution is 2.27. The van der Waals surface area contributed by atoms with Crippen molar-refractivity contribution < 1.29 is 9.90 Å². The van der Waals surface area contributed by atoms with Crippen molar-refractivity contribution in [3.8, 4) is 0 Å². The van der Waals surface area contributed by atoms with E-state index in [1.54, 1.807) is 0 Å². The van der Waals surface area contributed by atoms with Crippen molar-refractivity contribution in [3.63, 3.8) is 0 Å². The lowest BCUT2D eigenvalue weighted by molar-refractivity contribution is -0.130. The maximum atomic E-state index is 12.6. The van der Waals surface area contributed by atoms with E-state index < -0.39 is 18.1 Å². The quantitative estimate of drug-likeness (QED) is 0.406. The summed E-state index contributed by atoms with van der Waals surface area (Å²) in [5, 5.41) is 12.3. The van der Waals surface area contributed by atoms with E-state index in [2.05, 4.69) is 12.3 Å². The molecule has 5 nitrogen and oxygen atoms in total. The third-order valence-electron chi connectivity index (χ3n) is 5.55. The first-order chi connectivity index (χ1) is 13.1. The first-order valence-electron chi connectivity index (χ1n) is 10.7. The summed E-state index contributed by atoms with van der Waals surface area (Å²) in [6.07, 6.45) is 10.1. The lowest BCUT2D eigenvalue weighted by Crippen LogP contribution is -2.53. The van der Waals surface area contributed by atoms with Gasteiger partial charge in [-0.1, -0.05) is 76.5 Å². The highest BCUT2D eigenvalue weighted by Gasteiger charge is 2.27. The van der Waals surface area contributed by atoms with Crippen LogP contribution < -0.4 is 16.2 Å². The second-order valence-electron chi connectivity index (χ2n) is 7.87. The number of nitrogens with one attached hydrogen (secondary N) is 1. The number of anilines is 1. The number of carbonyl (C=O) groups is 1. The third kappa shape index (κ3) is 7.51. The lowest BCUT2D eigenvalue weighted by atomic mass is 9.84. The van der Waals surface area contributed by atoms with Gasteiger partial charge >= 0.3 is 0 Å². The molecule has 1 unspecified atom stereocenters. The number of aliphatic hydroxyl groups excluding tert-OH is 1. The predicted molar refractivity (Wildman–Crippen MR) is 111 cm³/mol.